The molecule has 0 saturated carbocycles. The maximum absolute atomic E-state index is 11.5. The van der Waals surface area contributed by atoms with Crippen LogP contribution in [0.2, 0.25) is 0 Å². The number of thiophene rings is 1. The van der Waals surface area contributed by atoms with Gasteiger partial charge in [0.15, 0.2) is 0 Å². The third kappa shape index (κ3) is 1.13. The van der Waals surface area contributed by atoms with Crippen LogP contribution in [0, 0.1) is 0 Å². The minimum atomic E-state index is -0.0524. The van der Waals surface area contributed by atoms with Crippen LogP contribution >= 0.6 is 11.3 Å². The molecule has 0 unspecified atom stereocenters. The predicted molar refractivity (Wildman–Crippen MR) is 60.3 cm³/mol. The molecule has 0 radical (unpaired) electrons. The van der Waals surface area contributed by atoms with Gasteiger partial charge < -0.3 is 5.32 Å². The highest BCUT2D eigenvalue weighted by atomic mass is 32.1. The van der Waals surface area contributed by atoms with Gasteiger partial charge in [-0.15, -0.1) is 11.3 Å². The number of anilines is 1. The Labute approximate surface area is 90.5 Å². The summed E-state index contributed by atoms with van der Waals surface area (Å²) in [5.74, 6) is 0. The fourth-order valence-electron chi connectivity index (χ4n) is 1.82. The summed E-state index contributed by atoms with van der Waals surface area (Å²) in [6, 6.07) is 1.92. The van der Waals surface area contributed by atoms with Gasteiger partial charge in [0.25, 0.3) is 0 Å². The van der Waals surface area contributed by atoms with Gasteiger partial charge in [-0.1, -0.05) is 0 Å². The second kappa shape index (κ2) is 2.93. The van der Waals surface area contributed by atoms with E-state index in [0.717, 1.165) is 21.5 Å². The molecule has 0 aromatic carbocycles. The van der Waals surface area contributed by atoms with Gasteiger partial charge in [-0.2, -0.15) is 0 Å². The Morgan fingerprint density at radius 2 is 2.47 bits per heavy atom. The molecule has 4 nitrogen and oxygen atoms in total. The number of fused-ring (bicyclic) bond motifs is 3. The number of nitrogens with one attached hydrogen (secondary N) is 1. The van der Waals surface area contributed by atoms with Crippen molar-refractivity contribution in [3.63, 3.8) is 0 Å². The fraction of sp³-hybridized carbons (Fsp3) is 0.200. The number of carbonyl (C=O) groups excluding carboxylic acids is 1. The van der Waals surface area contributed by atoms with Gasteiger partial charge in [0.1, 0.15) is 0 Å². The van der Waals surface area contributed by atoms with Crippen molar-refractivity contribution < 1.29 is 4.79 Å². The SMILES string of the molecule is CN1C(=O)NCc2cnc3ccsc3c21. The first kappa shape index (κ1) is 8.67. The average Bonchev–Trinajstić information content (AvgIpc) is 2.70. The third-order valence-corrected chi connectivity index (χ3v) is 3.50. The van der Waals surface area contributed by atoms with Crippen molar-refractivity contribution >= 4 is 33.3 Å². The molecule has 1 N–H and O–H groups in total. The van der Waals surface area contributed by atoms with Crippen LogP contribution in [0.4, 0.5) is 10.5 Å². The maximum Gasteiger partial charge on any atom is 0.321 e. The molecule has 0 fully saturated rings. The number of aromatic nitrogens is 1. The molecule has 0 aliphatic carbocycles. The van der Waals surface area contributed by atoms with Gasteiger partial charge in [-0.25, -0.2) is 4.79 Å². The summed E-state index contributed by atoms with van der Waals surface area (Å²) in [4.78, 5) is 17.5. The molecule has 2 aromatic rings. The van der Waals surface area contributed by atoms with Crippen molar-refractivity contribution in [3.8, 4) is 0 Å². The highest BCUT2D eigenvalue weighted by Gasteiger charge is 2.23. The lowest BCUT2D eigenvalue weighted by molar-refractivity contribution is 0.246. The van der Waals surface area contributed by atoms with Crippen LogP contribution in [0.3, 0.4) is 0 Å². The molecule has 0 spiro atoms. The van der Waals surface area contributed by atoms with E-state index >= 15 is 0 Å². The van der Waals surface area contributed by atoms with Gasteiger partial charge >= 0.3 is 6.03 Å². The van der Waals surface area contributed by atoms with E-state index in [9.17, 15) is 4.79 Å². The molecule has 15 heavy (non-hydrogen) atoms. The Morgan fingerprint density at radius 3 is 3.33 bits per heavy atom. The van der Waals surface area contributed by atoms with Crippen molar-refractivity contribution in [2.24, 2.45) is 0 Å². The molecule has 0 saturated heterocycles. The number of nitrogens with zero attached hydrogens (tertiary/aromatic N) is 2. The van der Waals surface area contributed by atoms with Crippen molar-refractivity contribution in [1.29, 1.82) is 0 Å². The van der Waals surface area contributed by atoms with E-state index in [4.69, 9.17) is 0 Å². The van der Waals surface area contributed by atoms with Crippen molar-refractivity contribution in [2.75, 3.05) is 11.9 Å². The quantitative estimate of drug-likeness (QED) is 0.736. The van der Waals surface area contributed by atoms with E-state index in [2.05, 4.69) is 10.3 Å². The monoisotopic (exact) mass is 219 g/mol. The highest BCUT2D eigenvalue weighted by Crippen LogP contribution is 2.34. The predicted octanol–water partition coefficient (Wildman–Crippen LogP) is 1.96. The van der Waals surface area contributed by atoms with Crippen LogP contribution in [0.15, 0.2) is 17.6 Å². The fourth-order valence-corrected chi connectivity index (χ4v) is 2.78. The summed E-state index contributed by atoms with van der Waals surface area (Å²) in [6.45, 7) is 0.569. The molecular formula is C10H9N3OS. The second-order valence-corrected chi connectivity index (χ2v) is 4.40. The van der Waals surface area contributed by atoms with Crippen LogP contribution in [0.1, 0.15) is 5.56 Å². The topological polar surface area (TPSA) is 45.2 Å². The van der Waals surface area contributed by atoms with Crippen molar-refractivity contribution in [2.45, 2.75) is 6.54 Å². The zero-order valence-corrected chi connectivity index (χ0v) is 8.97. The lowest BCUT2D eigenvalue weighted by Crippen LogP contribution is -2.41. The summed E-state index contributed by atoms with van der Waals surface area (Å²) in [7, 11) is 1.78. The van der Waals surface area contributed by atoms with E-state index in [-0.39, 0.29) is 6.03 Å². The van der Waals surface area contributed by atoms with Gasteiger partial charge in [0, 0.05) is 25.4 Å². The number of urea groups is 1. The minimum Gasteiger partial charge on any atom is -0.333 e. The van der Waals surface area contributed by atoms with E-state index < -0.39 is 0 Å². The number of amides is 2. The second-order valence-electron chi connectivity index (χ2n) is 3.48. The Bertz CT molecular complexity index is 549. The van der Waals surface area contributed by atoms with Crippen LogP contribution in [-0.2, 0) is 6.54 Å². The first-order valence-electron chi connectivity index (χ1n) is 4.64. The molecule has 2 aromatic heterocycles. The normalized spacial score (nSPS) is 15.3. The van der Waals surface area contributed by atoms with E-state index in [0.29, 0.717) is 6.54 Å². The Hall–Kier alpha value is -1.62. The lowest BCUT2D eigenvalue weighted by Gasteiger charge is -2.26. The molecule has 0 atom stereocenters. The molecular weight excluding hydrogens is 210 g/mol. The summed E-state index contributed by atoms with van der Waals surface area (Å²) in [5.41, 5.74) is 3.03. The number of hydrogen-bond acceptors (Lipinski definition) is 3. The average molecular weight is 219 g/mol. The molecule has 1 aliphatic rings. The van der Waals surface area contributed by atoms with Crippen LogP contribution in [0.25, 0.3) is 10.2 Å². The zero-order valence-electron chi connectivity index (χ0n) is 8.15. The summed E-state index contributed by atoms with van der Waals surface area (Å²) in [5, 5.41) is 4.79. The number of carbonyl (C=O) groups is 1. The van der Waals surface area contributed by atoms with Gasteiger partial charge in [0.2, 0.25) is 0 Å². The lowest BCUT2D eigenvalue weighted by atomic mass is 10.1. The van der Waals surface area contributed by atoms with E-state index in [1.807, 2.05) is 17.6 Å². The standard InChI is InChI=1S/C10H9N3OS/c1-13-8-6(5-12-10(13)14)4-11-7-2-3-15-9(7)8/h2-4H,5H2,1H3,(H,12,14). The van der Waals surface area contributed by atoms with E-state index in [1.54, 1.807) is 23.3 Å². The minimum absolute atomic E-state index is 0.0524. The van der Waals surface area contributed by atoms with Crippen molar-refractivity contribution in [3.05, 3.63) is 23.2 Å². The number of pyridine rings is 1. The first-order valence-corrected chi connectivity index (χ1v) is 5.52. The van der Waals surface area contributed by atoms with Crippen LogP contribution < -0.4 is 10.2 Å². The molecule has 76 valence electrons. The van der Waals surface area contributed by atoms with E-state index in [1.165, 1.54) is 0 Å². The van der Waals surface area contributed by atoms with Gasteiger partial charge in [-0.3, -0.25) is 9.88 Å². The molecule has 0 bridgehead atoms. The number of hydrogen-bond donors (Lipinski definition) is 1. The number of rotatable bonds is 0. The molecule has 3 heterocycles. The molecule has 2 amide bonds. The molecule has 1 aliphatic heterocycles. The van der Waals surface area contributed by atoms with Crippen molar-refractivity contribution in [1.82, 2.24) is 10.3 Å². The Morgan fingerprint density at radius 1 is 1.60 bits per heavy atom. The summed E-state index contributed by atoms with van der Waals surface area (Å²) < 4.78 is 1.09. The van der Waals surface area contributed by atoms with Crippen LogP contribution in [0.5, 0.6) is 0 Å². The Balaban J connectivity index is 2.35. The largest absolute Gasteiger partial charge is 0.333 e. The molecule has 3 rings (SSSR count). The zero-order chi connectivity index (χ0) is 10.4. The van der Waals surface area contributed by atoms with Gasteiger partial charge in [-0.05, 0) is 11.4 Å². The molecule has 5 heteroatoms. The smallest absolute Gasteiger partial charge is 0.321 e. The summed E-state index contributed by atoms with van der Waals surface area (Å²) >= 11 is 1.62. The summed E-state index contributed by atoms with van der Waals surface area (Å²) in [6.07, 6.45) is 1.83. The maximum atomic E-state index is 11.5. The third-order valence-electron chi connectivity index (χ3n) is 2.59. The Kier molecular flexibility index (Phi) is 1.70. The first-order chi connectivity index (χ1) is 7.27. The van der Waals surface area contributed by atoms with Crippen LogP contribution in [-0.4, -0.2) is 18.1 Å². The van der Waals surface area contributed by atoms with Gasteiger partial charge in [0.05, 0.1) is 15.9 Å². The highest BCUT2D eigenvalue weighted by molar-refractivity contribution is 7.17.